The second-order valence-corrected chi connectivity index (χ2v) is 3.65. The first-order chi connectivity index (χ1) is 10.9. The summed E-state index contributed by atoms with van der Waals surface area (Å²) in [5.74, 6) is -10.7. The molecular weight excluding hydrogens is 527 g/mol. The molecule has 0 amide bonds. The molecule has 159 valence electrons. The monoisotopic (exact) mass is 531 g/mol. The molecule has 0 saturated heterocycles. The first-order valence-electron chi connectivity index (χ1n) is 5.52. The van der Waals surface area contributed by atoms with Crippen LogP contribution in [0.2, 0.25) is 0 Å². The molecule has 0 aliphatic heterocycles. The molecule has 0 unspecified atom stereocenters. The summed E-state index contributed by atoms with van der Waals surface area (Å²) in [7, 11) is 0. The Labute approximate surface area is 182 Å². The molecule has 0 spiro atoms. The molecule has 0 aromatic carbocycles. The van der Waals surface area contributed by atoms with Crippen LogP contribution in [0.1, 0.15) is 12.8 Å². The Kier molecular flexibility index (Phi) is 24.8. The van der Waals surface area contributed by atoms with Crippen molar-refractivity contribution in [3.05, 3.63) is 23.3 Å². The zero-order valence-corrected chi connectivity index (χ0v) is 15.2. The summed E-state index contributed by atoms with van der Waals surface area (Å²) in [4.78, 5) is 59.3. The Balaban J connectivity index is -0.000000108. The van der Waals surface area contributed by atoms with Crippen LogP contribution in [0.3, 0.4) is 0 Å². The number of hydrogen-bond donors (Lipinski definition) is 0. The van der Waals surface area contributed by atoms with Crippen molar-refractivity contribution in [2.75, 3.05) is 0 Å². The van der Waals surface area contributed by atoms with Crippen molar-refractivity contribution in [1.29, 1.82) is 0 Å². The van der Waals surface area contributed by atoms with Gasteiger partial charge in [0.15, 0.2) is 0 Å². The maximum Gasteiger partial charge on any atom is 2.00 e. The minimum absolute atomic E-state index is 0. The number of rotatable bonds is 8. The third-order valence-electron chi connectivity index (χ3n) is 1.78. The van der Waals surface area contributed by atoms with Crippen LogP contribution < -0.4 is 30.6 Å². The summed E-state index contributed by atoms with van der Waals surface area (Å²) in [6, 6.07) is 0. The summed E-state index contributed by atoms with van der Waals surface area (Å²) in [5, 5.41) is 59.3. The average Bonchev–Trinajstić information content (AvgIpc) is 2.35. The van der Waals surface area contributed by atoms with Crippen LogP contribution in [0, 0.1) is 0 Å². The SMILES string of the molecule is O=C([O-])C=C(CC(=O)[O-])C(=O)[O-].O=C([O-])C=C(CC(=O)[O-])C(=O)[O-].[Cu+2].[Cu+2].[Cu+2]. The van der Waals surface area contributed by atoms with Gasteiger partial charge in [0.05, 0.1) is 23.9 Å². The van der Waals surface area contributed by atoms with Gasteiger partial charge in [-0.25, -0.2) is 0 Å². The molecule has 0 fully saturated rings. The number of carboxylic acid groups (broad SMARTS) is 6. The van der Waals surface area contributed by atoms with Crippen molar-refractivity contribution in [2.45, 2.75) is 12.8 Å². The fourth-order valence-electron chi connectivity index (χ4n) is 0.960. The Morgan fingerprint density at radius 1 is 0.519 bits per heavy atom. The molecule has 0 atom stereocenters. The van der Waals surface area contributed by atoms with Gasteiger partial charge in [-0.15, -0.1) is 0 Å². The summed E-state index contributed by atoms with van der Waals surface area (Å²) < 4.78 is 0. The third kappa shape index (κ3) is 23.9. The molecule has 0 aliphatic rings. The summed E-state index contributed by atoms with van der Waals surface area (Å²) in [5.41, 5.74) is -1.79. The maximum absolute atomic E-state index is 10.0. The van der Waals surface area contributed by atoms with Gasteiger partial charge >= 0.3 is 51.2 Å². The fourth-order valence-corrected chi connectivity index (χ4v) is 0.960. The van der Waals surface area contributed by atoms with E-state index in [-0.39, 0.29) is 63.4 Å². The predicted molar refractivity (Wildman–Crippen MR) is 55.4 cm³/mol. The zero-order chi connectivity index (χ0) is 19.4. The largest absolute Gasteiger partial charge is 2.00 e. The average molecular weight is 533 g/mol. The number of carboxylic acids is 6. The van der Waals surface area contributed by atoms with Gasteiger partial charge in [-0.2, -0.15) is 0 Å². The Bertz CT molecular complexity index is 569. The van der Waals surface area contributed by atoms with E-state index in [1.807, 2.05) is 0 Å². The van der Waals surface area contributed by atoms with Crippen LogP contribution in [-0.4, -0.2) is 35.8 Å². The zero-order valence-electron chi connectivity index (χ0n) is 12.4. The third-order valence-corrected chi connectivity index (χ3v) is 1.78. The van der Waals surface area contributed by atoms with E-state index in [0.717, 1.165) is 0 Å². The molecule has 0 N–H and O–H groups in total. The quantitative estimate of drug-likeness (QED) is 0.209. The molecular formula is C12H6Cu3O12. The molecule has 27 heavy (non-hydrogen) atoms. The second kappa shape index (κ2) is 18.6. The van der Waals surface area contributed by atoms with Crippen molar-refractivity contribution in [1.82, 2.24) is 0 Å². The second-order valence-electron chi connectivity index (χ2n) is 3.65. The van der Waals surface area contributed by atoms with Gasteiger partial charge in [0.2, 0.25) is 0 Å². The number of carbonyl (C=O) groups excluding carboxylic acids is 6. The van der Waals surface area contributed by atoms with E-state index in [2.05, 4.69) is 0 Å². The van der Waals surface area contributed by atoms with E-state index in [1.54, 1.807) is 0 Å². The summed E-state index contributed by atoms with van der Waals surface area (Å²) in [6.07, 6.45) is -1.75. The molecule has 0 aliphatic carbocycles. The van der Waals surface area contributed by atoms with E-state index in [1.165, 1.54) is 0 Å². The van der Waals surface area contributed by atoms with Gasteiger partial charge in [0.25, 0.3) is 0 Å². The van der Waals surface area contributed by atoms with Gasteiger partial charge in [0.1, 0.15) is 0 Å². The van der Waals surface area contributed by atoms with Gasteiger partial charge in [-0.05, 0) is 23.3 Å². The van der Waals surface area contributed by atoms with E-state index < -0.39 is 59.8 Å². The van der Waals surface area contributed by atoms with Crippen molar-refractivity contribution in [3.63, 3.8) is 0 Å². The Hall–Kier alpha value is -2.14. The molecule has 0 aromatic heterocycles. The van der Waals surface area contributed by atoms with Crippen molar-refractivity contribution >= 4 is 35.8 Å². The van der Waals surface area contributed by atoms with Crippen LogP contribution in [0.15, 0.2) is 23.3 Å². The first kappa shape index (κ1) is 35.9. The number of aliphatic carboxylic acids is 6. The van der Waals surface area contributed by atoms with E-state index in [9.17, 15) is 59.4 Å². The molecule has 15 heteroatoms. The van der Waals surface area contributed by atoms with Crippen molar-refractivity contribution < 1.29 is 111 Å². The van der Waals surface area contributed by atoms with Crippen molar-refractivity contribution in [2.24, 2.45) is 0 Å². The minimum Gasteiger partial charge on any atom is -0.550 e. The van der Waals surface area contributed by atoms with E-state index in [0.29, 0.717) is 0 Å². The Morgan fingerprint density at radius 2 is 0.741 bits per heavy atom. The normalized spacial score (nSPS) is 9.63. The smallest absolute Gasteiger partial charge is 0.550 e. The summed E-state index contributed by atoms with van der Waals surface area (Å²) in [6.45, 7) is 0. The number of hydrogen-bond acceptors (Lipinski definition) is 12. The molecule has 12 nitrogen and oxygen atoms in total. The predicted octanol–water partition coefficient (Wildman–Crippen LogP) is -8.90. The van der Waals surface area contributed by atoms with Gasteiger partial charge in [-0.1, -0.05) is 0 Å². The van der Waals surface area contributed by atoms with Crippen LogP contribution in [0.25, 0.3) is 0 Å². The number of carbonyl (C=O) groups is 6. The topological polar surface area (TPSA) is 241 Å². The van der Waals surface area contributed by atoms with E-state index in [4.69, 9.17) is 0 Å². The fraction of sp³-hybridized carbons (Fsp3) is 0.167. The van der Waals surface area contributed by atoms with Gasteiger partial charge in [-0.3, -0.25) is 0 Å². The van der Waals surface area contributed by atoms with Crippen LogP contribution in [-0.2, 0) is 80.0 Å². The first-order valence-corrected chi connectivity index (χ1v) is 5.52. The van der Waals surface area contributed by atoms with Crippen LogP contribution >= 0.6 is 0 Å². The van der Waals surface area contributed by atoms with Gasteiger partial charge < -0.3 is 59.4 Å². The van der Waals surface area contributed by atoms with Crippen LogP contribution in [0.5, 0.6) is 0 Å². The van der Waals surface area contributed by atoms with E-state index >= 15 is 0 Å². The minimum atomic E-state index is -1.87. The molecule has 0 heterocycles. The molecule has 0 aromatic rings. The van der Waals surface area contributed by atoms with Gasteiger partial charge in [0, 0.05) is 24.8 Å². The van der Waals surface area contributed by atoms with Crippen LogP contribution in [0.4, 0.5) is 0 Å². The maximum atomic E-state index is 10.0. The Morgan fingerprint density at radius 3 is 0.852 bits per heavy atom. The molecule has 0 rings (SSSR count). The molecule has 3 radical (unpaired) electrons. The van der Waals surface area contributed by atoms with Crippen molar-refractivity contribution in [3.8, 4) is 0 Å². The molecule has 0 bridgehead atoms. The standard InChI is InChI=1S/2C6H6O6.3Cu/c2*7-4(8)1-3(6(11)12)2-5(9)10;;;/h2*1H,2H2,(H,7,8)(H,9,10)(H,11,12);;;/q;;3*+2/p-6. The molecule has 0 saturated carbocycles. The summed E-state index contributed by atoms with van der Waals surface area (Å²) >= 11 is 0.